The van der Waals surface area contributed by atoms with Crippen LogP contribution >= 0.6 is 31.9 Å². The van der Waals surface area contributed by atoms with E-state index in [4.69, 9.17) is 10.2 Å². The minimum Gasteiger partial charge on any atom is -0.481 e. The van der Waals surface area contributed by atoms with E-state index in [0.717, 1.165) is 0 Å². The zero-order chi connectivity index (χ0) is 11.3. The Hall–Kier alpha value is -0.100. The average Bonchev–Trinajstić information content (AvgIpc) is 2.64. The van der Waals surface area contributed by atoms with Crippen molar-refractivity contribution in [3.63, 3.8) is 0 Å². The molecule has 2 N–H and O–H groups in total. The van der Waals surface area contributed by atoms with Crippen LogP contribution in [0.3, 0.4) is 0 Å². The number of carboxylic acids is 2. The third kappa shape index (κ3) is 1.53. The summed E-state index contributed by atoms with van der Waals surface area (Å²) in [7, 11) is 0. The molecule has 0 aliphatic heterocycles. The summed E-state index contributed by atoms with van der Waals surface area (Å²) in [6.45, 7) is 0. The van der Waals surface area contributed by atoms with Crippen LogP contribution in [0.1, 0.15) is 6.42 Å². The number of fused-ring (bicyclic) bond motifs is 2. The van der Waals surface area contributed by atoms with Crippen LogP contribution in [0.25, 0.3) is 0 Å². The van der Waals surface area contributed by atoms with E-state index in [9.17, 15) is 9.59 Å². The highest BCUT2D eigenvalue weighted by Crippen LogP contribution is 2.57. The van der Waals surface area contributed by atoms with Gasteiger partial charge in [-0.2, -0.15) is 0 Å². The molecule has 0 unspecified atom stereocenters. The Bertz CT molecular complexity index is 289. The fourth-order valence-corrected chi connectivity index (χ4v) is 4.82. The maximum Gasteiger partial charge on any atom is 0.307 e. The molecule has 0 amide bonds. The predicted molar refractivity (Wildman–Crippen MR) is 59.3 cm³/mol. The first-order chi connectivity index (χ1) is 6.95. The van der Waals surface area contributed by atoms with Gasteiger partial charge in [0.15, 0.2) is 0 Å². The predicted octanol–water partition coefficient (Wildman–Crippen LogP) is 1.56. The number of carboxylic acid groups (broad SMARTS) is 2. The third-order valence-corrected chi connectivity index (χ3v) is 6.75. The molecule has 0 heterocycles. The summed E-state index contributed by atoms with van der Waals surface area (Å²) in [6.07, 6.45) is 0.680. The van der Waals surface area contributed by atoms with E-state index in [1.807, 2.05) is 0 Å². The van der Waals surface area contributed by atoms with Crippen molar-refractivity contribution in [1.29, 1.82) is 0 Å². The second kappa shape index (κ2) is 3.73. The molecule has 2 rings (SSSR count). The highest BCUT2D eigenvalue weighted by atomic mass is 79.9. The van der Waals surface area contributed by atoms with Gasteiger partial charge in [0.2, 0.25) is 0 Å². The molecule has 84 valence electrons. The standard InChI is InChI=1S/C9H10Br2O4/c10-6-2-1-3(7(6)11)5(9(14)15)4(2)8(12)13/h2-7H,1H2,(H,12,13)(H,14,15)/t2-,3-,4-,5+,6-,7+/m1/s1. The lowest BCUT2D eigenvalue weighted by molar-refractivity contribution is -0.155. The van der Waals surface area contributed by atoms with Crippen molar-refractivity contribution in [1.82, 2.24) is 0 Å². The van der Waals surface area contributed by atoms with Crippen molar-refractivity contribution in [3.8, 4) is 0 Å². The topological polar surface area (TPSA) is 74.6 Å². The number of alkyl halides is 2. The summed E-state index contributed by atoms with van der Waals surface area (Å²) in [6, 6.07) is 0. The van der Waals surface area contributed by atoms with Gasteiger partial charge in [-0.1, -0.05) is 31.9 Å². The van der Waals surface area contributed by atoms with E-state index in [0.29, 0.717) is 6.42 Å². The first-order valence-corrected chi connectivity index (χ1v) is 6.52. The number of carbonyl (C=O) groups is 2. The molecule has 0 saturated heterocycles. The molecular weight excluding hydrogens is 332 g/mol. The quantitative estimate of drug-likeness (QED) is 0.747. The van der Waals surface area contributed by atoms with Gasteiger partial charge >= 0.3 is 11.9 Å². The molecule has 2 aliphatic rings. The summed E-state index contributed by atoms with van der Waals surface area (Å²) in [5.41, 5.74) is 0. The van der Waals surface area contributed by atoms with Crippen LogP contribution in [-0.2, 0) is 9.59 Å². The van der Waals surface area contributed by atoms with Crippen molar-refractivity contribution in [3.05, 3.63) is 0 Å². The van der Waals surface area contributed by atoms with Crippen LogP contribution in [0.4, 0.5) is 0 Å². The maximum absolute atomic E-state index is 11.1. The highest BCUT2D eigenvalue weighted by Gasteiger charge is 2.61. The first kappa shape index (κ1) is 11.4. The Kier molecular flexibility index (Phi) is 2.83. The van der Waals surface area contributed by atoms with Crippen LogP contribution in [0.15, 0.2) is 0 Å². The van der Waals surface area contributed by atoms with Gasteiger partial charge in [-0.15, -0.1) is 0 Å². The summed E-state index contributed by atoms with van der Waals surface area (Å²) in [5, 5.41) is 18.1. The zero-order valence-corrected chi connectivity index (χ0v) is 10.8. The zero-order valence-electron chi connectivity index (χ0n) is 7.64. The molecule has 0 spiro atoms. The molecule has 2 saturated carbocycles. The van der Waals surface area contributed by atoms with Gasteiger partial charge in [-0.3, -0.25) is 9.59 Å². The molecule has 0 radical (unpaired) electrons. The molecule has 6 atom stereocenters. The second-order valence-corrected chi connectivity index (χ2v) is 6.29. The van der Waals surface area contributed by atoms with E-state index >= 15 is 0 Å². The summed E-state index contributed by atoms with van der Waals surface area (Å²) in [5.74, 6) is -3.61. The van der Waals surface area contributed by atoms with Crippen molar-refractivity contribution in [2.24, 2.45) is 23.7 Å². The number of halogens is 2. The van der Waals surface area contributed by atoms with Crippen molar-refractivity contribution in [2.75, 3.05) is 0 Å². The molecule has 0 aromatic heterocycles. The fraction of sp³-hybridized carbons (Fsp3) is 0.778. The van der Waals surface area contributed by atoms with Crippen LogP contribution in [0.2, 0.25) is 0 Å². The maximum atomic E-state index is 11.1. The Morgan fingerprint density at radius 2 is 1.27 bits per heavy atom. The number of hydrogen-bond acceptors (Lipinski definition) is 2. The highest BCUT2D eigenvalue weighted by molar-refractivity contribution is 9.12. The molecule has 4 nitrogen and oxygen atoms in total. The van der Waals surface area contributed by atoms with Crippen molar-refractivity contribution >= 4 is 43.8 Å². The molecule has 2 bridgehead atoms. The minimum atomic E-state index is -0.987. The van der Waals surface area contributed by atoms with Gasteiger partial charge in [0.05, 0.1) is 11.8 Å². The van der Waals surface area contributed by atoms with Gasteiger partial charge in [-0.25, -0.2) is 0 Å². The van der Waals surface area contributed by atoms with Gasteiger partial charge in [-0.05, 0) is 18.3 Å². The molecule has 2 fully saturated rings. The van der Waals surface area contributed by atoms with Crippen molar-refractivity contribution in [2.45, 2.75) is 16.1 Å². The molecule has 0 aromatic carbocycles. The van der Waals surface area contributed by atoms with Crippen LogP contribution in [-0.4, -0.2) is 31.8 Å². The molecule has 6 heteroatoms. The average molecular weight is 342 g/mol. The molecule has 2 aliphatic carbocycles. The van der Waals surface area contributed by atoms with Gasteiger partial charge < -0.3 is 10.2 Å². The minimum absolute atomic E-state index is 0.0687. The normalized spacial score (nSPS) is 48.1. The summed E-state index contributed by atoms with van der Waals surface area (Å²) < 4.78 is 0. The lowest BCUT2D eigenvalue weighted by Gasteiger charge is -2.31. The number of hydrogen-bond donors (Lipinski definition) is 2. The van der Waals surface area contributed by atoms with E-state index in [1.165, 1.54) is 0 Å². The monoisotopic (exact) mass is 340 g/mol. The Morgan fingerprint density at radius 3 is 1.53 bits per heavy atom. The fourth-order valence-electron chi connectivity index (χ4n) is 2.94. The first-order valence-electron chi connectivity index (χ1n) is 4.69. The smallest absolute Gasteiger partial charge is 0.307 e. The van der Waals surface area contributed by atoms with Gasteiger partial charge in [0.25, 0.3) is 0 Å². The Morgan fingerprint density at radius 1 is 0.933 bits per heavy atom. The lowest BCUT2D eigenvalue weighted by Crippen LogP contribution is -2.43. The van der Waals surface area contributed by atoms with E-state index in [2.05, 4.69) is 31.9 Å². The lowest BCUT2D eigenvalue weighted by atomic mass is 9.79. The summed E-state index contributed by atoms with van der Waals surface area (Å²) in [4.78, 5) is 22.3. The number of aliphatic carboxylic acids is 2. The molecular formula is C9H10Br2O4. The van der Waals surface area contributed by atoms with Gasteiger partial charge in [0, 0.05) is 9.65 Å². The van der Waals surface area contributed by atoms with E-state index < -0.39 is 23.8 Å². The second-order valence-electron chi connectivity index (χ2n) is 4.18. The van der Waals surface area contributed by atoms with E-state index in [-0.39, 0.29) is 21.5 Å². The van der Waals surface area contributed by atoms with E-state index in [1.54, 1.807) is 0 Å². The van der Waals surface area contributed by atoms with Crippen molar-refractivity contribution < 1.29 is 19.8 Å². The molecule has 0 aromatic rings. The van der Waals surface area contributed by atoms with Gasteiger partial charge in [0.1, 0.15) is 0 Å². The van der Waals surface area contributed by atoms with Crippen LogP contribution in [0.5, 0.6) is 0 Å². The van der Waals surface area contributed by atoms with Crippen LogP contribution in [0, 0.1) is 23.7 Å². The summed E-state index contributed by atoms with van der Waals surface area (Å²) >= 11 is 6.89. The largest absolute Gasteiger partial charge is 0.481 e. The number of rotatable bonds is 2. The van der Waals surface area contributed by atoms with Crippen LogP contribution < -0.4 is 0 Å². The Labute approximate surface area is 103 Å². The molecule has 15 heavy (non-hydrogen) atoms. The Balaban J connectivity index is 2.32. The SMILES string of the molecule is O=C(O)[C@@H]1[C@H]2C[C@@H]([C@H](Br)[C@@H]2Br)[C@@H]1C(=O)O. The third-order valence-electron chi connectivity index (χ3n) is 3.55.